The molecule has 2 aromatic carbocycles. The van der Waals surface area contributed by atoms with Gasteiger partial charge in [0, 0.05) is 24.1 Å². The average molecular weight is 419 g/mol. The van der Waals surface area contributed by atoms with Gasteiger partial charge in [-0.2, -0.15) is 0 Å². The summed E-state index contributed by atoms with van der Waals surface area (Å²) in [5.74, 6) is 0.0879. The van der Waals surface area contributed by atoms with Gasteiger partial charge in [0.25, 0.3) is 5.91 Å². The van der Waals surface area contributed by atoms with Gasteiger partial charge in [-0.3, -0.25) is 9.69 Å². The maximum absolute atomic E-state index is 13.0. The number of benzene rings is 2. The second-order valence-corrected chi connectivity index (χ2v) is 7.42. The third-order valence-corrected chi connectivity index (χ3v) is 5.27. The normalized spacial score (nSPS) is 15.0. The molecular formula is C24H22FN3O3. The highest BCUT2D eigenvalue weighted by Gasteiger charge is 2.30. The van der Waals surface area contributed by atoms with E-state index in [1.54, 1.807) is 18.2 Å². The van der Waals surface area contributed by atoms with Crippen LogP contribution < -0.4 is 10.1 Å². The van der Waals surface area contributed by atoms with Crippen molar-refractivity contribution in [2.24, 2.45) is 0 Å². The highest BCUT2D eigenvalue weighted by Crippen LogP contribution is 2.25. The first-order valence-corrected chi connectivity index (χ1v) is 9.81. The number of ether oxygens (including phenoxy) is 1. The fourth-order valence-corrected chi connectivity index (χ4v) is 3.55. The molecule has 0 aliphatic carbocycles. The number of aromatic nitrogens is 1. The molecule has 3 amide bonds. The first-order valence-electron chi connectivity index (χ1n) is 9.81. The van der Waals surface area contributed by atoms with E-state index in [9.17, 15) is 14.0 Å². The molecule has 1 fully saturated rings. The fraction of sp³-hybridized carbons (Fsp3) is 0.167. The Bertz CT molecular complexity index is 1180. The Morgan fingerprint density at radius 1 is 1.03 bits per heavy atom. The Morgan fingerprint density at radius 2 is 1.71 bits per heavy atom. The highest BCUT2D eigenvalue weighted by molar-refractivity contribution is 6.13. The molecule has 0 saturated carbocycles. The zero-order valence-corrected chi connectivity index (χ0v) is 17.5. The SMILES string of the molecule is Cc1cc(/C=C2/NC(=O)N(C)C2=O)c(C)n1-c1ccc(OCc2ccc(F)cc2)cc1. The predicted molar refractivity (Wildman–Crippen MR) is 115 cm³/mol. The maximum atomic E-state index is 13.0. The molecule has 4 rings (SSSR count). The summed E-state index contributed by atoms with van der Waals surface area (Å²) in [4.78, 5) is 24.9. The van der Waals surface area contributed by atoms with Crippen molar-refractivity contribution in [1.82, 2.24) is 14.8 Å². The van der Waals surface area contributed by atoms with Gasteiger partial charge < -0.3 is 14.6 Å². The number of aryl methyl sites for hydroxylation is 1. The van der Waals surface area contributed by atoms with Crippen LogP contribution >= 0.6 is 0 Å². The smallest absolute Gasteiger partial charge is 0.328 e. The average Bonchev–Trinajstić information content (AvgIpc) is 3.17. The van der Waals surface area contributed by atoms with Crippen molar-refractivity contribution in [3.8, 4) is 11.4 Å². The minimum Gasteiger partial charge on any atom is -0.489 e. The number of nitrogens with zero attached hydrogens (tertiary/aromatic N) is 2. The first-order chi connectivity index (χ1) is 14.8. The van der Waals surface area contributed by atoms with E-state index in [2.05, 4.69) is 9.88 Å². The van der Waals surface area contributed by atoms with Crippen LogP contribution in [0.2, 0.25) is 0 Å². The van der Waals surface area contributed by atoms with E-state index in [1.807, 2.05) is 44.2 Å². The van der Waals surface area contributed by atoms with Gasteiger partial charge in [0.2, 0.25) is 0 Å². The Hall–Kier alpha value is -3.87. The van der Waals surface area contributed by atoms with Crippen LogP contribution in [0.5, 0.6) is 5.75 Å². The van der Waals surface area contributed by atoms with Crippen molar-refractivity contribution in [1.29, 1.82) is 0 Å². The Morgan fingerprint density at radius 3 is 2.32 bits per heavy atom. The van der Waals surface area contributed by atoms with Gasteiger partial charge in [0.15, 0.2) is 0 Å². The molecular weight excluding hydrogens is 397 g/mol. The Kier molecular flexibility index (Phi) is 5.33. The van der Waals surface area contributed by atoms with Crippen LogP contribution in [-0.4, -0.2) is 28.5 Å². The molecule has 1 aliphatic rings. The van der Waals surface area contributed by atoms with Gasteiger partial charge in [0.05, 0.1) is 0 Å². The molecule has 2 heterocycles. The van der Waals surface area contributed by atoms with Gasteiger partial charge in [-0.25, -0.2) is 9.18 Å². The number of likely N-dealkylation sites (N-methyl/N-ethyl adjacent to an activating group) is 1. The fourth-order valence-electron chi connectivity index (χ4n) is 3.55. The summed E-state index contributed by atoms with van der Waals surface area (Å²) < 4.78 is 20.9. The van der Waals surface area contributed by atoms with Crippen LogP contribution in [0.25, 0.3) is 11.8 Å². The number of urea groups is 1. The van der Waals surface area contributed by atoms with Crippen molar-refractivity contribution in [3.63, 3.8) is 0 Å². The standard InChI is InChI=1S/C24H22FN3O3/c1-15-12-18(13-22-23(29)27(3)24(30)26-22)16(2)28(15)20-8-10-21(11-9-20)31-14-17-4-6-19(25)7-5-17/h4-13H,14H2,1-3H3,(H,26,30)/b22-13+. The van der Waals surface area contributed by atoms with Crippen molar-refractivity contribution < 1.29 is 18.7 Å². The number of nitrogens with one attached hydrogen (secondary N) is 1. The molecule has 0 spiro atoms. The molecule has 1 saturated heterocycles. The topological polar surface area (TPSA) is 63.6 Å². The van der Waals surface area contributed by atoms with Gasteiger partial charge >= 0.3 is 6.03 Å². The van der Waals surface area contributed by atoms with E-state index in [0.717, 1.165) is 33.1 Å². The minimum atomic E-state index is -0.429. The van der Waals surface area contributed by atoms with Gasteiger partial charge in [0.1, 0.15) is 23.9 Å². The Labute approximate surface area is 179 Å². The van der Waals surface area contributed by atoms with Gasteiger partial charge in [-0.05, 0) is 73.5 Å². The molecule has 3 aromatic rings. The number of hydrogen-bond acceptors (Lipinski definition) is 3. The molecule has 7 heteroatoms. The number of amides is 3. The minimum absolute atomic E-state index is 0.261. The number of imide groups is 1. The zero-order valence-electron chi connectivity index (χ0n) is 17.5. The summed E-state index contributed by atoms with van der Waals surface area (Å²) in [5.41, 5.74) is 4.90. The largest absolute Gasteiger partial charge is 0.489 e. The number of halogens is 1. The molecule has 31 heavy (non-hydrogen) atoms. The molecule has 1 aliphatic heterocycles. The van der Waals surface area contributed by atoms with Crippen LogP contribution in [0.3, 0.4) is 0 Å². The van der Waals surface area contributed by atoms with E-state index in [4.69, 9.17) is 4.74 Å². The van der Waals surface area contributed by atoms with E-state index in [1.165, 1.54) is 19.2 Å². The molecule has 1 N–H and O–H groups in total. The summed E-state index contributed by atoms with van der Waals surface area (Å²) in [6.07, 6.45) is 1.70. The van der Waals surface area contributed by atoms with Gasteiger partial charge in [-0.15, -0.1) is 0 Å². The van der Waals surface area contributed by atoms with E-state index >= 15 is 0 Å². The van der Waals surface area contributed by atoms with E-state index < -0.39 is 6.03 Å². The van der Waals surface area contributed by atoms with E-state index in [0.29, 0.717) is 12.4 Å². The lowest BCUT2D eigenvalue weighted by molar-refractivity contribution is -0.121. The van der Waals surface area contributed by atoms with Crippen molar-refractivity contribution in [2.45, 2.75) is 20.5 Å². The summed E-state index contributed by atoms with van der Waals surface area (Å²) in [6, 6.07) is 15.4. The number of rotatable bonds is 5. The first kappa shape index (κ1) is 20.4. The lowest BCUT2D eigenvalue weighted by Crippen LogP contribution is -2.25. The van der Waals surface area contributed by atoms with Crippen molar-refractivity contribution in [2.75, 3.05) is 7.05 Å². The van der Waals surface area contributed by atoms with Crippen molar-refractivity contribution in [3.05, 3.63) is 88.6 Å². The second-order valence-electron chi connectivity index (χ2n) is 7.42. The second kappa shape index (κ2) is 8.10. The van der Waals surface area contributed by atoms with Crippen LogP contribution in [0.15, 0.2) is 60.3 Å². The van der Waals surface area contributed by atoms with Crippen LogP contribution in [0.4, 0.5) is 9.18 Å². The van der Waals surface area contributed by atoms with Crippen LogP contribution in [0.1, 0.15) is 22.5 Å². The van der Waals surface area contributed by atoms with E-state index in [-0.39, 0.29) is 17.4 Å². The number of hydrogen-bond donors (Lipinski definition) is 1. The third kappa shape index (κ3) is 4.07. The summed E-state index contributed by atoms with van der Waals surface area (Å²) in [5, 5.41) is 2.59. The lowest BCUT2D eigenvalue weighted by Gasteiger charge is -2.11. The van der Waals surface area contributed by atoms with Gasteiger partial charge in [-0.1, -0.05) is 12.1 Å². The summed E-state index contributed by atoms with van der Waals surface area (Å²) in [6.45, 7) is 4.30. The molecule has 0 bridgehead atoms. The number of carbonyl (C=O) groups excluding carboxylic acids is 2. The molecule has 0 radical (unpaired) electrons. The van der Waals surface area contributed by atoms with Crippen LogP contribution in [-0.2, 0) is 11.4 Å². The maximum Gasteiger partial charge on any atom is 0.328 e. The summed E-state index contributed by atoms with van der Waals surface area (Å²) >= 11 is 0. The third-order valence-electron chi connectivity index (χ3n) is 5.27. The molecule has 0 atom stereocenters. The molecule has 1 aromatic heterocycles. The van der Waals surface area contributed by atoms with Crippen LogP contribution in [0, 0.1) is 19.7 Å². The molecule has 6 nitrogen and oxygen atoms in total. The van der Waals surface area contributed by atoms with Crippen molar-refractivity contribution >= 4 is 18.0 Å². The number of carbonyl (C=O) groups is 2. The predicted octanol–water partition coefficient (Wildman–Crippen LogP) is 4.33. The monoisotopic (exact) mass is 419 g/mol. The molecule has 158 valence electrons. The quantitative estimate of drug-likeness (QED) is 0.494. The Balaban J connectivity index is 1.53. The zero-order chi connectivity index (χ0) is 22.1. The highest BCUT2D eigenvalue weighted by atomic mass is 19.1. The lowest BCUT2D eigenvalue weighted by atomic mass is 10.2. The molecule has 0 unspecified atom stereocenters. The summed E-state index contributed by atoms with van der Waals surface area (Å²) in [7, 11) is 1.45.